The van der Waals surface area contributed by atoms with Crippen molar-refractivity contribution in [2.45, 2.75) is 19.1 Å². The number of ether oxygens (including phenoxy) is 1. The number of amides is 1. The van der Waals surface area contributed by atoms with Crippen LogP contribution in [0.3, 0.4) is 0 Å². The van der Waals surface area contributed by atoms with Crippen molar-refractivity contribution in [1.82, 2.24) is 19.5 Å². The zero-order chi connectivity index (χ0) is 16.1. The van der Waals surface area contributed by atoms with Gasteiger partial charge in [0.25, 0.3) is 0 Å². The summed E-state index contributed by atoms with van der Waals surface area (Å²) in [5.74, 6) is -1.54. The Morgan fingerprint density at radius 2 is 2.23 bits per heavy atom. The number of pyridine rings is 1. The molecule has 0 saturated heterocycles. The van der Waals surface area contributed by atoms with E-state index in [1.807, 2.05) is 0 Å². The molecule has 118 valence electrons. The lowest BCUT2D eigenvalue weighted by molar-refractivity contribution is -0.148. The van der Waals surface area contributed by atoms with Gasteiger partial charge in [-0.3, -0.25) is 9.20 Å². The van der Waals surface area contributed by atoms with Crippen molar-refractivity contribution in [3.8, 4) is 0 Å². The molecule has 2 aromatic heterocycles. The number of methoxy groups -OCH3 is 1. The molecule has 2 aromatic rings. The Morgan fingerprint density at radius 1 is 1.45 bits per heavy atom. The zero-order valence-corrected chi connectivity index (χ0v) is 11.9. The summed E-state index contributed by atoms with van der Waals surface area (Å²) in [6, 6.07) is 5.16. The van der Waals surface area contributed by atoms with E-state index in [1.54, 1.807) is 24.4 Å². The number of carboxylic acid groups (broad SMARTS) is 1. The highest BCUT2D eigenvalue weighted by Gasteiger charge is 2.17. The molecule has 0 aliphatic rings. The van der Waals surface area contributed by atoms with E-state index in [0.29, 0.717) is 5.65 Å². The van der Waals surface area contributed by atoms with Gasteiger partial charge in [0.2, 0.25) is 5.91 Å². The maximum Gasteiger partial charge on any atom is 0.350 e. The minimum Gasteiger partial charge on any atom is -0.479 e. The molecule has 9 heteroatoms. The van der Waals surface area contributed by atoms with Crippen LogP contribution in [-0.4, -0.2) is 50.9 Å². The van der Waals surface area contributed by atoms with Crippen molar-refractivity contribution in [1.29, 1.82) is 0 Å². The second kappa shape index (κ2) is 6.85. The molecule has 0 saturated carbocycles. The molecule has 2 heterocycles. The number of rotatable bonds is 7. The lowest BCUT2D eigenvalue weighted by Gasteiger charge is -2.11. The van der Waals surface area contributed by atoms with Gasteiger partial charge >= 0.3 is 11.7 Å². The molecule has 0 aliphatic heterocycles. The van der Waals surface area contributed by atoms with Gasteiger partial charge in [-0.15, -0.1) is 5.10 Å². The molecule has 0 radical (unpaired) electrons. The number of aryl methyl sites for hydroxylation is 1. The minimum absolute atomic E-state index is 0.0137. The summed E-state index contributed by atoms with van der Waals surface area (Å²) < 4.78 is 7.27. The maximum absolute atomic E-state index is 12.0. The Hall–Kier alpha value is -2.68. The highest BCUT2D eigenvalue weighted by Crippen LogP contribution is 1.96. The van der Waals surface area contributed by atoms with Crippen molar-refractivity contribution in [3.63, 3.8) is 0 Å². The fourth-order valence-corrected chi connectivity index (χ4v) is 1.89. The van der Waals surface area contributed by atoms with Gasteiger partial charge in [-0.25, -0.2) is 14.3 Å². The van der Waals surface area contributed by atoms with Crippen molar-refractivity contribution < 1.29 is 19.4 Å². The molecule has 9 nitrogen and oxygen atoms in total. The fourth-order valence-electron chi connectivity index (χ4n) is 1.89. The van der Waals surface area contributed by atoms with Crippen LogP contribution in [0.5, 0.6) is 0 Å². The van der Waals surface area contributed by atoms with Gasteiger partial charge in [-0.05, 0) is 12.1 Å². The topological polar surface area (TPSA) is 115 Å². The van der Waals surface area contributed by atoms with Crippen LogP contribution in [-0.2, 0) is 20.9 Å². The molecule has 2 N–H and O–H groups in total. The SMILES string of the molecule is COC(CNC(=O)CCn1nc2ccccn2c1=O)C(=O)O. The average Bonchev–Trinajstić information content (AvgIpc) is 2.82. The van der Waals surface area contributed by atoms with E-state index in [2.05, 4.69) is 10.4 Å². The fraction of sp³-hybridized carbons (Fsp3) is 0.385. The maximum atomic E-state index is 12.0. The summed E-state index contributed by atoms with van der Waals surface area (Å²) in [7, 11) is 1.25. The van der Waals surface area contributed by atoms with Crippen LogP contribution in [0, 0.1) is 0 Å². The van der Waals surface area contributed by atoms with Crippen LogP contribution in [0.2, 0.25) is 0 Å². The lowest BCUT2D eigenvalue weighted by Crippen LogP contribution is -2.38. The Bertz CT molecular complexity index is 735. The van der Waals surface area contributed by atoms with Gasteiger partial charge in [0.15, 0.2) is 11.8 Å². The molecule has 0 bridgehead atoms. The number of hydrogen-bond donors (Lipinski definition) is 2. The van der Waals surface area contributed by atoms with Gasteiger partial charge < -0.3 is 15.2 Å². The Balaban J connectivity index is 1.91. The van der Waals surface area contributed by atoms with Gasteiger partial charge in [0.05, 0.1) is 13.1 Å². The van der Waals surface area contributed by atoms with Gasteiger partial charge in [-0.2, -0.15) is 0 Å². The van der Waals surface area contributed by atoms with Gasteiger partial charge in [0, 0.05) is 19.7 Å². The van der Waals surface area contributed by atoms with E-state index in [-0.39, 0.29) is 31.1 Å². The van der Waals surface area contributed by atoms with E-state index in [0.717, 1.165) is 0 Å². The monoisotopic (exact) mass is 308 g/mol. The number of nitrogens with zero attached hydrogens (tertiary/aromatic N) is 3. The van der Waals surface area contributed by atoms with E-state index in [4.69, 9.17) is 9.84 Å². The van der Waals surface area contributed by atoms with E-state index >= 15 is 0 Å². The summed E-state index contributed by atoms with van der Waals surface area (Å²) in [4.78, 5) is 34.4. The molecule has 0 fully saturated rings. The first-order chi connectivity index (χ1) is 10.5. The quantitative estimate of drug-likeness (QED) is 0.685. The predicted molar refractivity (Wildman–Crippen MR) is 75.5 cm³/mol. The van der Waals surface area contributed by atoms with E-state index in [9.17, 15) is 14.4 Å². The smallest absolute Gasteiger partial charge is 0.350 e. The lowest BCUT2D eigenvalue weighted by atomic mass is 10.3. The Labute approximate surface area is 125 Å². The van der Waals surface area contributed by atoms with E-state index < -0.39 is 12.1 Å². The first-order valence-corrected chi connectivity index (χ1v) is 6.59. The van der Waals surface area contributed by atoms with Gasteiger partial charge in [0.1, 0.15) is 0 Å². The summed E-state index contributed by atoms with van der Waals surface area (Å²) in [5, 5.41) is 15.3. The van der Waals surface area contributed by atoms with Crippen molar-refractivity contribution in [2.75, 3.05) is 13.7 Å². The summed E-state index contributed by atoms with van der Waals surface area (Å²) in [5.41, 5.74) is 0.168. The van der Waals surface area contributed by atoms with Crippen LogP contribution >= 0.6 is 0 Å². The number of aliphatic carboxylic acids is 1. The molecule has 0 spiro atoms. The Morgan fingerprint density at radius 3 is 2.86 bits per heavy atom. The van der Waals surface area contributed by atoms with Crippen LogP contribution in [0.25, 0.3) is 5.65 Å². The number of nitrogens with one attached hydrogen (secondary N) is 1. The van der Waals surface area contributed by atoms with Crippen molar-refractivity contribution in [2.24, 2.45) is 0 Å². The number of hydrogen-bond acceptors (Lipinski definition) is 5. The highest BCUT2D eigenvalue weighted by atomic mass is 16.5. The average molecular weight is 308 g/mol. The molecule has 1 unspecified atom stereocenters. The largest absolute Gasteiger partial charge is 0.479 e. The molecular weight excluding hydrogens is 292 g/mol. The third-order valence-electron chi connectivity index (χ3n) is 3.08. The summed E-state index contributed by atoms with van der Waals surface area (Å²) >= 11 is 0. The third kappa shape index (κ3) is 3.50. The number of fused-ring (bicyclic) bond motifs is 1. The zero-order valence-electron chi connectivity index (χ0n) is 11.9. The number of carbonyl (C=O) groups excluding carboxylic acids is 1. The highest BCUT2D eigenvalue weighted by molar-refractivity contribution is 5.78. The summed E-state index contributed by atoms with van der Waals surface area (Å²) in [6.45, 7) is -0.0260. The molecule has 0 aromatic carbocycles. The first kappa shape index (κ1) is 15.7. The predicted octanol–water partition coefficient (Wildman–Crippen LogP) is -0.898. The number of carboxylic acids is 1. The van der Waals surface area contributed by atoms with E-state index in [1.165, 1.54) is 16.2 Å². The normalized spacial score (nSPS) is 12.2. The second-order valence-corrected chi connectivity index (χ2v) is 4.55. The molecule has 1 atom stereocenters. The number of carbonyl (C=O) groups is 2. The molecule has 22 heavy (non-hydrogen) atoms. The van der Waals surface area contributed by atoms with Crippen LogP contribution < -0.4 is 11.0 Å². The molecule has 0 aliphatic carbocycles. The molecule has 1 amide bonds. The number of aromatic nitrogens is 3. The first-order valence-electron chi connectivity index (χ1n) is 6.59. The molecular formula is C13H16N4O5. The standard InChI is InChI=1S/C13H16N4O5/c1-22-9(12(19)20)8-14-11(18)5-7-17-13(21)16-6-3-2-4-10(16)15-17/h2-4,6,9H,5,7-8H2,1H3,(H,14,18)(H,19,20). The Kier molecular flexibility index (Phi) is 4.89. The van der Waals surface area contributed by atoms with Crippen LogP contribution in [0.1, 0.15) is 6.42 Å². The third-order valence-corrected chi connectivity index (χ3v) is 3.08. The second-order valence-electron chi connectivity index (χ2n) is 4.55. The van der Waals surface area contributed by atoms with Crippen molar-refractivity contribution >= 4 is 17.5 Å². The van der Waals surface area contributed by atoms with Crippen LogP contribution in [0.4, 0.5) is 0 Å². The molecule has 2 rings (SSSR count). The van der Waals surface area contributed by atoms with Crippen LogP contribution in [0.15, 0.2) is 29.2 Å². The minimum atomic E-state index is -1.15. The van der Waals surface area contributed by atoms with Gasteiger partial charge in [-0.1, -0.05) is 6.07 Å². The summed E-state index contributed by atoms with van der Waals surface area (Å²) in [6.07, 6.45) is 0.513. The van der Waals surface area contributed by atoms with Crippen molar-refractivity contribution in [3.05, 3.63) is 34.9 Å².